The van der Waals surface area contributed by atoms with Gasteiger partial charge < -0.3 is 4.74 Å². The second-order valence-corrected chi connectivity index (χ2v) is 6.01. The molecule has 1 saturated heterocycles. The number of hydrogen-bond donors (Lipinski definition) is 0. The molecule has 1 fully saturated rings. The quantitative estimate of drug-likeness (QED) is 0.786. The van der Waals surface area contributed by atoms with Crippen LogP contribution in [0.1, 0.15) is 27.1 Å². The van der Waals surface area contributed by atoms with Gasteiger partial charge in [0.15, 0.2) is 0 Å². The fraction of sp³-hybridized carbons (Fsp3) is 0.158. The summed E-state index contributed by atoms with van der Waals surface area (Å²) in [5, 5.41) is 0. The van der Waals surface area contributed by atoms with Crippen molar-refractivity contribution in [2.45, 2.75) is 12.5 Å². The Morgan fingerprint density at radius 2 is 1.46 bits per heavy atom. The summed E-state index contributed by atoms with van der Waals surface area (Å²) in [4.78, 5) is 52.3. The molecule has 2 aromatic carbocycles. The number of carbonyl (C=O) groups is 4. The third-order valence-corrected chi connectivity index (χ3v) is 4.59. The molecule has 0 aromatic heterocycles. The van der Waals surface area contributed by atoms with Crippen LogP contribution in [0.5, 0.6) is 5.75 Å². The number of imide groups is 2. The standard InChI is InChI=1S/C19H14N2O5/c1-26-12-8-6-11(7-9-12)20-16(22)10-15(19(20)25)21-17(23)13-4-2-3-5-14(13)18(21)24/h2-9,15H,10H2,1H3. The first-order valence-electron chi connectivity index (χ1n) is 8.00. The second kappa shape index (κ2) is 5.80. The van der Waals surface area contributed by atoms with E-state index >= 15 is 0 Å². The summed E-state index contributed by atoms with van der Waals surface area (Å²) in [6, 6.07) is 11.7. The summed E-state index contributed by atoms with van der Waals surface area (Å²) < 4.78 is 5.07. The predicted molar refractivity (Wildman–Crippen MR) is 90.8 cm³/mol. The van der Waals surface area contributed by atoms with Gasteiger partial charge in [-0.25, -0.2) is 4.90 Å². The van der Waals surface area contributed by atoms with E-state index in [2.05, 4.69) is 0 Å². The van der Waals surface area contributed by atoms with Crippen molar-refractivity contribution in [1.82, 2.24) is 4.90 Å². The smallest absolute Gasteiger partial charge is 0.262 e. The summed E-state index contributed by atoms with van der Waals surface area (Å²) in [7, 11) is 1.51. The molecule has 0 bridgehead atoms. The lowest BCUT2D eigenvalue weighted by Gasteiger charge is -2.20. The highest BCUT2D eigenvalue weighted by molar-refractivity contribution is 6.28. The molecule has 130 valence electrons. The van der Waals surface area contributed by atoms with Crippen molar-refractivity contribution in [3.63, 3.8) is 0 Å². The van der Waals surface area contributed by atoms with Crippen LogP contribution < -0.4 is 9.64 Å². The maximum absolute atomic E-state index is 12.8. The summed E-state index contributed by atoms with van der Waals surface area (Å²) in [5.74, 6) is -1.55. The van der Waals surface area contributed by atoms with Crippen molar-refractivity contribution in [2.75, 3.05) is 12.0 Å². The highest BCUT2D eigenvalue weighted by Gasteiger charge is 2.50. The average molecular weight is 350 g/mol. The predicted octanol–water partition coefficient (Wildman–Crippen LogP) is 1.62. The first-order chi connectivity index (χ1) is 12.5. The Hall–Kier alpha value is -3.48. The lowest BCUT2D eigenvalue weighted by molar-refractivity contribution is -0.122. The largest absolute Gasteiger partial charge is 0.497 e. The number of amides is 4. The van der Waals surface area contributed by atoms with Crippen LogP contribution in [-0.2, 0) is 9.59 Å². The van der Waals surface area contributed by atoms with Crippen molar-refractivity contribution in [1.29, 1.82) is 0 Å². The number of nitrogens with zero attached hydrogens (tertiary/aromatic N) is 2. The zero-order valence-corrected chi connectivity index (χ0v) is 13.8. The Balaban J connectivity index is 1.66. The van der Waals surface area contributed by atoms with Crippen LogP contribution in [0.4, 0.5) is 5.69 Å². The molecule has 2 aliphatic heterocycles. The zero-order chi connectivity index (χ0) is 18.4. The fourth-order valence-electron chi connectivity index (χ4n) is 3.31. The molecule has 26 heavy (non-hydrogen) atoms. The Bertz CT molecular complexity index is 916. The van der Waals surface area contributed by atoms with Gasteiger partial charge in [0.25, 0.3) is 17.7 Å². The normalized spacial score (nSPS) is 19.3. The summed E-state index contributed by atoms with van der Waals surface area (Å²) >= 11 is 0. The number of fused-ring (bicyclic) bond motifs is 1. The van der Waals surface area contributed by atoms with Crippen LogP contribution in [0.25, 0.3) is 0 Å². The summed E-state index contributed by atoms with van der Waals surface area (Å²) in [5.41, 5.74) is 0.876. The molecule has 0 N–H and O–H groups in total. The zero-order valence-electron chi connectivity index (χ0n) is 13.8. The Labute approximate surface area is 148 Å². The van der Waals surface area contributed by atoms with Crippen LogP contribution in [0, 0.1) is 0 Å². The Morgan fingerprint density at radius 1 is 0.885 bits per heavy atom. The molecule has 0 radical (unpaired) electrons. The maximum Gasteiger partial charge on any atom is 0.262 e. The second-order valence-electron chi connectivity index (χ2n) is 6.01. The lowest BCUT2D eigenvalue weighted by Crippen LogP contribution is -2.45. The summed E-state index contributed by atoms with van der Waals surface area (Å²) in [6.45, 7) is 0. The molecule has 0 spiro atoms. The van der Waals surface area contributed by atoms with Gasteiger partial charge in [0.05, 0.1) is 30.3 Å². The van der Waals surface area contributed by atoms with Crippen molar-refractivity contribution in [2.24, 2.45) is 0 Å². The van der Waals surface area contributed by atoms with E-state index < -0.39 is 29.7 Å². The summed E-state index contributed by atoms with van der Waals surface area (Å²) in [6.07, 6.45) is -0.226. The number of rotatable bonds is 3. The van der Waals surface area contributed by atoms with E-state index in [1.807, 2.05) is 0 Å². The minimum absolute atomic E-state index is 0.226. The van der Waals surface area contributed by atoms with Crippen LogP contribution in [-0.4, -0.2) is 41.7 Å². The number of carbonyl (C=O) groups excluding carboxylic acids is 4. The first-order valence-corrected chi connectivity index (χ1v) is 8.00. The number of methoxy groups -OCH3 is 1. The molecule has 4 rings (SSSR count). The van der Waals surface area contributed by atoms with Crippen LogP contribution in [0.15, 0.2) is 48.5 Å². The molecule has 2 aliphatic rings. The van der Waals surface area contributed by atoms with Crippen LogP contribution in [0.3, 0.4) is 0 Å². The van der Waals surface area contributed by atoms with Crippen molar-refractivity contribution in [3.8, 4) is 5.75 Å². The van der Waals surface area contributed by atoms with Gasteiger partial charge in [-0.05, 0) is 36.4 Å². The van der Waals surface area contributed by atoms with Crippen molar-refractivity contribution < 1.29 is 23.9 Å². The van der Waals surface area contributed by atoms with Crippen LogP contribution >= 0.6 is 0 Å². The van der Waals surface area contributed by atoms with Crippen molar-refractivity contribution >= 4 is 29.3 Å². The monoisotopic (exact) mass is 350 g/mol. The molecular formula is C19H14N2O5. The molecule has 7 nitrogen and oxygen atoms in total. The van der Waals surface area contributed by atoms with Crippen molar-refractivity contribution in [3.05, 3.63) is 59.7 Å². The third kappa shape index (κ3) is 2.21. The highest BCUT2D eigenvalue weighted by atomic mass is 16.5. The molecule has 1 unspecified atom stereocenters. The van der Waals surface area contributed by atoms with Gasteiger partial charge in [0.2, 0.25) is 5.91 Å². The fourth-order valence-corrected chi connectivity index (χ4v) is 3.31. The first kappa shape index (κ1) is 16.0. The molecule has 1 atom stereocenters. The molecule has 0 saturated carbocycles. The minimum atomic E-state index is -1.13. The maximum atomic E-state index is 12.8. The van der Waals surface area contributed by atoms with Gasteiger partial charge in [0.1, 0.15) is 11.8 Å². The van der Waals surface area contributed by atoms with E-state index in [4.69, 9.17) is 4.74 Å². The van der Waals surface area contributed by atoms with Gasteiger partial charge in [-0.3, -0.25) is 24.1 Å². The average Bonchev–Trinajstić information content (AvgIpc) is 3.09. The van der Waals surface area contributed by atoms with Gasteiger partial charge in [-0.15, -0.1) is 0 Å². The van der Waals surface area contributed by atoms with E-state index in [0.29, 0.717) is 11.4 Å². The number of hydrogen-bond acceptors (Lipinski definition) is 5. The van der Waals surface area contributed by atoms with E-state index in [1.54, 1.807) is 36.4 Å². The molecule has 4 amide bonds. The van der Waals surface area contributed by atoms with E-state index in [9.17, 15) is 19.2 Å². The molecule has 2 heterocycles. The van der Waals surface area contributed by atoms with Gasteiger partial charge in [-0.2, -0.15) is 0 Å². The number of ether oxygens (including phenoxy) is 1. The minimum Gasteiger partial charge on any atom is -0.497 e. The SMILES string of the molecule is COc1ccc(N2C(=O)CC(N3C(=O)c4ccccc4C3=O)C2=O)cc1. The topological polar surface area (TPSA) is 84.0 Å². The van der Waals surface area contributed by atoms with E-state index in [1.165, 1.54) is 19.2 Å². The Kier molecular flexibility index (Phi) is 3.57. The van der Waals surface area contributed by atoms with Gasteiger partial charge in [-0.1, -0.05) is 12.1 Å². The van der Waals surface area contributed by atoms with Gasteiger partial charge in [0, 0.05) is 0 Å². The molecule has 2 aromatic rings. The number of benzene rings is 2. The van der Waals surface area contributed by atoms with E-state index in [-0.39, 0.29) is 17.5 Å². The highest BCUT2D eigenvalue weighted by Crippen LogP contribution is 2.32. The molecular weight excluding hydrogens is 336 g/mol. The van der Waals surface area contributed by atoms with Crippen LogP contribution in [0.2, 0.25) is 0 Å². The molecule has 7 heteroatoms. The third-order valence-electron chi connectivity index (χ3n) is 4.59. The Morgan fingerprint density at radius 3 is 2.00 bits per heavy atom. The lowest BCUT2D eigenvalue weighted by atomic mass is 10.1. The van der Waals surface area contributed by atoms with Gasteiger partial charge >= 0.3 is 0 Å². The number of anilines is 1. The van der Waals surface area contributed by atoms with E-state index in [0.717, 1.165) is 9.80 Å². The molecule has 0 aliphatic carbocycles.